The van der Waals surface area contributed by atoms with Crippen LogP contribution in [0.2, 0.25) is 0 Å². The zero-order valence-corrected chi connectivity index (χ0v) is 19.4. The van der Waals surface area contributed by atoms with Crippen molar-refractivity contribution in [3.05, 3.63) is 64.9 Å². The van der Waals surface area contributed by atoms with Gasteiger partial charge in [-0.3, -0.25) is 9.69 Å². The Morgan fingerprint density at radius 1 is 1.18 bits per heavy atom. The Kier molecular flexibility index (Phi) is 5.39. The molecule has 1 aromatic heterocycles. The second kappa shape index (κ2) is 8.05. The number of fused-ring (bicyclic) bond motifs is 3. The molecule has 2 atom stereocenters. The van der Waals surface area contributed by atoms with E-state index in [0.29, 0.717) is 17.8 Å². The minimum atomic E-state index is -1.56. The Bertz CT molecular complexity index is 1240. The van der Waals surface area contributed by atoms with Gasteiger partial charge < -0.3 is 15.0 Å². The smallest absolute Gasteiger partial charge is 0.310 e. The van der Waals surface area contributed by atoms with Crippen LogP contribution in [0.25, 0.3) is 10.9 Å². The van der Waals surface area contributed by atoms with E-state index in [1.165, 1.54) is 26.0 Å². The molecule has 8 heteroatoms. The van der Waals surface area contributed by atoms with E-state index in [1.54, 1.807) is 4.90 Å². The highest BCUT2D eigenvalue weighted by atomic mass is 19.1. The minimum Gasteiger partial charge on any atom is -0.481 e. The van der Waals surface area contributed by atoms with E-state index in [-0.39, 0.29) is 31.2 Å². The largest absolute Gasteiger partial charge is 0.481 e. The summed E-state index contributed by atoms with van der Waals surface area (Å²) in [6.07, 6.45) is 0.637. The van der Waals surface area contributed by atoms with E-state index in [9.17, 15) is 9.18 Å². The van der Waals surface area contributed by atoms with Crippen molar-refractivity contribution in [3.63, 3.8) is 0 Å². The number of alkyl halides is 1. The third-order valence-electron chi connectivity index (χ3n) is 7.01. The molecule has 5 nitrogen and oxygen atoms in total. The molecule has 2 aromatic carbocycles. The highest BCUT2D eigenvalue weighted by Crippen LogP contribution is 2.44. The quantitative estimate of drug-likeness (QED) is 0.547. The summed E-state index contributed by atoms with van der Waals surface area (Å²) in [5, 5.41) is 10.1. The van der Waals surface area contributed by atoms with Gasteiger partial charge in [-0.2, -0.15) is 0 Å². The number of hydrogen-bond donors (Lipinski definition) is 2. The maximum Gasteiger partial charge on any atom is 0.310 e. The van der Waals surface area contributed by atoms with Gasteiger partial charge in [0.05, 0.1) is 12.0 Å². The number of halogens is 3. The lowest BCUT2D eigenvalue weighted by molar-refractivity contribution is -0.142. The predicted molar refractivity (Wildman–Crippen MR) is 125 cm³/mol. The van der Waals surface area contributed by atoms with Crippen molar-refractivity contribution >= 4 is 22.6 Å². The fourth-order valence-corrected chi connectivity index (χ4v) is 5.36. The number of nitrogens with one attached hydrogen (secondary N) is 1. The molecule has 5 rings (SSSR count). The molecule has 0 aliphatic carbocycles. The number of para-hydroxylation sites is 1. The molecule has 0 bridgehead atoms. The van der Waals surface area contributed by atoms with E-state index in [1.807, 2.05) is 36.1 Å². The topological polar surface area (TPSA) is 59.6 Å². The molecular formula is C26H28F3N3O2. The van der Waals surface area contributed by atoms with Gasteiger partial charge in [-0.05, 0) is 51.0 Å². The Hall–Kier alpha value is -3.00. The molecule has 1 fully saturated rings. The van der Waals surface area contributed by atoms with Crippen molar-refractivity contribution < 1.29 is 23.1 Å². The lowest BCUT2D eigenvalue weighted by Gasteiger charge is -2.43. The van der Waals surface area contributed by atoms with Gasteiger partial charge in [-0.25, -0.2) is 13.2 Å². The molecule has 2 aliphatic rings. The number of H-pyrrole nitrogens is 1. The van der Waals surface area contributed by atoms with Gasteiger partial charge in [0.2, 0.25) is 0 Å². The second-order valence-electron chi connectivity index (χ2n) is 10.2. The summed E-state index contributed by atoms with van der Waals surface area (Å²) in [7, 11) is 0. The zero-order valence-electron chi connectivity index (χ0n) is 19.4. The van der Waals surface area contributed by atoms with Crippen molar-refractivity contribution in [2.45, 2.75) is 44.9 Å². The Morgan fingerprint density at radius 2 is 1.82 bits per heavy atom. The monoisotopic (exact) mass is 471 g/mol. The number of hydrogen-bond acceptors (Lipinski definition) is 3. The Balaban J connectivity index is 1.61. The summed E-state index contributed by atoms with van der Waals surface area (Å²) < 4.78 is 46.1. The van der Waals surface area contributed by atoms with Gasteiger partial charge in [-0.15, -0.1) is 0 Å². The lowest BCUT2D eigenvalue weighted by Crippen LogP contribution is -2.50. The van der Waals surface area contributed by atoms with Crippen LogP contribution in [0.3, 0.4) is 0 Å². The lowest BCUT2D eigenvalue weighted by atomic mass is 9.87. The number of aromatic nitrogens is 1. The van der Waals surface area contributed by atoms with Crippen LogP contribution in [0.4, 0.5) is 18.9 Å². The molecule has 0 radical (unpaired) electrons. The van der Waals surface area contributed by atoms with E-state index in [0.717, 1.165) is 16.5 Å². The van der Waals surface area contributed by atoms with Crippen LogP contribution in [0, 0.1) is 17.6 Å². The number of benzene rings is 2. The van der Waals surface area contributed by atoms with Crippen LogP contribution in [0.1, 0.15) is 43.6 Å². The molecule has 2 N–H and O–H groups in total. The van der Waals surface area contributed by atoms with Crippen LogP contribution in [0.5, 0.6) is 0 Å². The average molecular weight is 472 g/mol. The van der Waals surface area contributed by atoms with Crippen LogP contribution >= 0.6 is 0 Å². The Morgan fingerprint density at radius 3 is 2.44 bits per heavy atom. The molecular weight excluding hydrogens is 443 g/mol. The molecule has 0 spiro atoms. The van der Waals surface area contributed by atoms with Crippen molar-refractivity contribution in [2.75, 3.05) is 24.5 Å². The first-order valence-electron chi connectivity index (χ1n) is 11.5. The van der Waals surface area contributed by atoms with E-state index in [4.69, 9.17) is 5.11 Å². The standard InChI is InChI=1S/C26H28F3N3O2/c1-14-8-18-17-6-4-5-7-21(17)30-23(18)24(32(14)13-26(2,3)29)22-19(27)9-16(10-20(22)28)31-11-15(12-31)25(33)34/h4-7,9-10,14-15,24,30H,8,11-13H2,1-3H3,(H,33,34)/t14-,24-/m1/s1. The predicted octanol–water partition coefficient (Wildman–Crippen LogP) is 5.05. The summed E-state index contributed by atoms with van der Waals surface area (Å²) in [6.45, 7) is 5.33. The van der Waals surface area contributed by atoms with Gasteiger partial charge >= 0.3 is 5.97 Å². The molecule has 34 heavy (non-hydrogen) atoms. The third kappa shape index (κ3) is 3.83. The van der Waals surface area contributed by atoms with Crippen LogP contribution in [-0.2, 0) is 11.2 Å². The van der Waals surface area contributed by atoms with E-state index < -0.39 is 35.2 Å². The van der Waals surface area contributed by atoms with Gasteiger partial charge in [-0.1, -0.05) is 18.2 Å². The van der Waals surface area contributed by atoms with Gasteiger partial charge in [0.15, 0.2) is 0 Å². The third-order valence-corrected chi connectivity index (χ3v) is 7.01. The summed E-state index contributed by atoms with van der Waals surface area (Å²) in [6, 6.07) is 9.31. The first-order chi connectivity index (χ1) is 16.0. The number of aliphatic carboxylic acids is 1. The normalized spacial score (nSPS) is 21.5. The van der Waals surface area contributed by atoms with E-state index in [2.05, 4.69) is 4.98 Å². The number of carbonyl (C=O) groups is 1. The molecule has 0 amide bonds. The van der Waals surface area contributed by atoms with Crippen molar-refractivity contribution in [3.8, 4) is 0 Å². The highest BCUT2D eigenvalue weighted by Gasteiger charge is 2.41. The van der Waals surface area contributed by atoms with E-state index >= 15 is 8.78 Å². The van der Waals surface area contributed by atoms with Crippen LogP contribution < -0.4 is 4.90 Å². The summed E-state index contributed by atoms with van der Waals surface area (Å²) in [4.78, 5) is 18.0. The van der Waals surface area contributed by atoms with Crippen molar-refractivity contribution in [1.29, 1.82) is 0 Å². The fourth-order valence-electron chi connectivity index (χ4n) is 5.36. The molecule has 0 unspecified atom stereocenters. The number of carboxylic acid groups (broad SMARTS) is 1. The molecule has 0 saturated carbocycles. The molecule has 180 valence electrons. The van der Waals surface area contributed by atoms with Crippen molar-refractivity contribution in [1.82, 2.24) is 9.88 Å². The maximum absolute atomic E-state index is 15.6. The Labute approximate surface area is 196 Å². The van der Waals surface area contributed by atoms with Gasteiger partial charge in [0.1, 0.15) is 17.3 Å². The van der Waals surface area contributed by atoms with Crippen LogP contribution in [0.15, 0.2) is 36.4 Å². The van der Waals surface area contributed by atoms with Gasteiger partial charge in [0.25, 0.3) is 0 Å². The number of rotatable bonds is 5. The highest BCUT2D eigenvalue weighted by molar-refractivity contribution is 5.85. The van der Waals surface area contributed by atoms with Crippen molar-refractivity contribution in [2.24, 2.45) is 5.92 Å². The minimum absolute atomic E-state index is 0.0146. The molecule has 3 aromatic rings. The first-order valence-corrected chi connectivity index (χ1v) is 11.5. The fraction of sp³-hybridized carbons (Fsp3) is 0.423. The molecule has 3 heterocycles. The molecule has 1 saturated heterocycles. The first kappa shape index (κ1) is 22.8. The molecule has 2 aliphatic heterocycles. The second-order valence-corrected chi connectivity index (χ2v) is 10.2. The summed E-state index contributed by atoms with van der Waals surface area (Å²) >= 11 is 0. The SMILES string of the molecule is C[C@@H]1Cc2c([nH]c3ccccc23)[C@@H](c2c(F)cc(N3CC(C(=O)O)C3)cc2F)N1CC(C)(C)F. The zero-order chi connectivity index (χ0) is 24.4. The summed E-state index contributed by atoms with van der Waals surface area (Å²) in [5.74, 6) is -2.90. The number of nitrogens with zero attached hydrogens (tertiary/aromatic N) is 2. The number of anilines is 1. The average Bonchev–Trinajstić information content (AvgIpc) is 3.05. The maximum atomic E-state index is 15.6. The van der Waals surface area contributed by atoms with Crippen LogP contribution in [-0.4, -0.2) is 52.3 Å². The number of aromatic amines is 1. The van der Waals surface area contributed by atoms with Gasteiger partial charge in [0, 0.05) is 53.5 Å². The number of carboxylic acids is 1. The summed E-state index contributed by atoms with van der Waals surface area (Å²) in [5.41, 5.74) is 1.19.